The van der Waals surface area contributed by atoms with E-state index >= 15 is 0 Å². The third-order valence-corrected chi connectivity index (χ3v) is 1.83. The molecule has 0 spiro atoms. The van der Waals surface area contributed by atoms with Gasteiger partial charge in [0.1, 0.15) is 6.61 Å². The van der Waals surface area contributed by atoms with E-state index in [9.17, 15) is 9.90 Å². The van der Waals surface area contributed by atoms with Crippen LogP contribution in [0.2, 0.25) is 0 Å². The van der Waals surface area contributed by atoms with E-state index < -0.39 is 5.97 Å². The van der Waals surface area contributed by atoms with Gasteiger partial charge in [-0.15, -0.1) is 0 Å². The number of rotatable bonds is 0. The molecular formula is C8H6O4. The van der Waals surface area contributed by atoms with Gasteiger partial charge < -0.3 is 14.9 Å². The summed E-state index contributed by atoms with van der Waals surface area (Å²) in [5.41, 5.74) is 0.685. The van der Waals surface area contributed by atoms with Crippen LogP contribution in [0.15, 0.2) is 12.1 Å². The molecule has 1 aliphatic rings. The van der Waals surface area contributed by atoms with Crippen LogP contribution >= 0.6 is 0 Å². The van der Waals surface area contributed by atoms with Crippen LogP contribution in [0, 0.1) is 0 Å². The first-order valence-electron chi connectivity index (χ1n) is 3.41. The van der Waals surface area contributed by atoms with Gasteiger partial charge in [0, 0.05) is 5.56 Å². The Bertz CT molecular complexity index is 356. The molecule has 0 bridgehead atoms. The molecule has 0 amide bonds. The molecule has 0 saturated heterocycles. The first-order valence-corrected chi connectivity index (χ1v) is 3.41. The topological polar surface area (TPSA) is 66.8 Å². The van der Waals surface area contributed by atoms with Gasteiger partial charge in [-0.3, -0.25) is 0 Å². The van der Waals surface area contributed by atoms with Crippen molar-refractivity contribution >= 4 is 5.97 Å². The van der Waals surface area contributed by atoms with Crippen LogP contribution < -0.4 is 0 Å². The largest absolute Gasteiger partial charge is 0.504 e. The van der Waals surface area contributed by atoms with Crippen molar-refractivity contribution in [1.29, 1.82) is 0 Å². The van der Waals surface area contributed by atoms with Crippen LogP contribution in [-0.2, 0) is 11.3 Å². The molecule has 2 rings (SSSR count). The number of cyclic esters (lactones) is 1. The highest BCUT2D eigenvalue weighted by Crippen LogP contribution is 2.35. The monoisotopic (exact) mass is 166 g/mol. The fourth-order valence-electron chi connectivity index (χ4n) is 1.18. The van der Waals surface area contributed by atoms with E-state index in [2.05, 4.69) is 4.74 Å². The first kappa shape index (κ1) is 6.97. The van der Waals surface area contributed by atoms with Gasteiger partial charge in [0.25, 0.3) is 0 Å². The smallest absolute Gasteiger partial charge is 0.339 e. The zero-order chi connectivity index (χ0) is 8.72. The van der Waals surface area contributed by atoms with Crippen molar-refractivity contribution in [2.24, 2.45) is 0 Å². The van der Waals surface area contributed by atoms with Crippen molar-refractivity contribution in [2.45, 2.75) is 6.61 Å². The average molecular weight is 166 g/mol. The van der Waals surface area contributed by atoms with Crippen molar-refractivity contribution < 1.29 is 19.7 Å². The molecule has 1 aliphatic heterocycles. The van der Waals surface area contributed by atoms with Crippen LogP contribution in [0.25, 0.3) is 0 Å². The third kappa shape index (κ3) is 0.747. The molecule has 1 aromatic carbocycles. The highest BCUT2D eigenvalue weighted by molar-refractivity contribution is 5.94. The van der Waals surface area contributed by atoms with Gasteiger partial charge in [0.15, 0.2) is 11.5 Å². The zero-order valence-electron chi connectivity index (χ0n) is 6.07. The maximum atomic E-state index is 10.9. The molecule has 0 fully saturated rings. The number of aromatic hydroxyl groups is 2. The molecule has 1 heterocycles. The molecule has 0 aliphatic carbocycles. The number of carbonyl (C=O) groups is 1. The summed E-state index contributed by atoms with van der Waals surface area (Å²) in [5, 5.41) is 18.3. The molecule has 0 radical (unpaired) electrons. The summed E-state index contributed by atoms with van der Waals surface area (Å²) in [6, 6.07) is 2.69. The summed E-state index contributed by atoms with van der Waals surface area (Å²) in [7, 11) is 0. The lowest BCUT2D eigenvalue weighted by Crippen LogP contribution is -1.92. The minimum Gasteiger partial charge on any atom is -0.504 e. The van der Waals surface area contributed by atoms with E-state index in [0.717, 1.165) is 0 Å². The molecule has 0 unspecified atom stereocenters. The molecule has 1 aromatic rings. The van der Waals surface area contributed by atoms with Crippen LogP contribution in [0.3, 0.4) is 0 Å². The van der Waals surface area contributed by atoms with E-state index in [0.29, 0.717) is 11.1 Å². The number of ether oxygens (including phenoxy) is 1. The van der Waals surface area contributed by atoms with Gasteiger partial charge in [-0.2, -0.15) is 0 Å². The van der Waals surface area contributed by atoms with E-state index in [1.165, 1.54) is 12.1 Å². The molecule has 2 N–H and O–H groups in total. The van der Waals surface area contributed by atoms with Gasteiger partial charge >= 0.3 is 5.97 Å². The third-order valence-electron chi connectivity index (χ3n) is 1.83. The van der Waals surface area contributed by atoms with Crippen molar-refractivity contribution in [3.63, 3.8) is 0 Å². The zero-order valence-corrected chi connectivity index (χ0v) is 6.07. The lowest BCUT2D eigenvalue weighted by molar-refractivity contribution is 0.0534. The van der Waals surface area contributed by atoms with Crippen LogP contribution in [0.1, 0.15) is 15.9 Å². The Kier molecular flexibility index (Phi) is 1.24. The number of esters is 1. The molecule has 0 atom stereocenters. The van der Waals surface area contributed by atoms with Gasteiger partial charge in [-0.05, 0) is 12.1 Å². The Morgan fingerprint density at radius 2 is 2.08 bits per heavy atom. The van der Waals surface area contributed by atoms with Gasteiger partial charge in [0.2, 0.25) is 0 Å². The van der Waals surface area contributed by atoms with Crippen molar-refractivity contribution in [3.8, 4) is 11.5 Å². The normalized spacial score (nSPS) is 14.2. The number of benzene rings is 1. The van der Waals surface area contributed by atoms with Crippen molar-refractivity contribution in [1.82, 2.24) is 0 Å². The number of carbonyl (C=O) groups excluding carboxylic acids is 1. The maximum Gasteiger partial charge on any atom is 0.339 e. The van der Waals surface area contributed by atoms with E-state index in [1.807, 2.05) is 0 Å². The summed E-state index contributed by atoms with van der Waals surface area (Å²) in [6.45, 7) is 0.0361. The summed E-state index contributed by atoms with van der Waals surface area (Å²) >= 11 is 0. The summed E-state index contributed by atoms with van der Waals surface area (Å²) in [4.78, 5) is 10.9. The molecule has 4 nitrogen and oxygen atoms in total. The van der Waals surface area contributed by atoms with E-state index in [1.54, 1.807) is 0 Å². The Hall–Kier alpha value is -1.71. The Morgan fingerprint density at radius 1 is 1.33 bits per heavy atom. The number of fused-ring (bicyclic) bond motifs is 1. The van der Waals surface area contributed by atoms with Crippen LogP contribution in [-0.4, -0.2) is 16.2 Å². The van der Waals surface area contributed by atoms with Crippen molar-refractivity contribution in [3.05, 3.63) is 23.3 Å². The average Bonchev–Trinajstić information content (AvgIpc) is 2.41. The van der Waals surface area contributed by atoms with E-state index in [4.69, 9.17) is 5.11 Å². The molecule has 0 aromatic heterocycles. The fourth-order valence-corrected chi connectivity index (χ4v) is 1.18. The van der Waals surface area contributed by atoms with E-state index in [-0.39, 0.29) is 18.1 Å². The Balaban J connectivity index is 2.68. The van der Waals surface area contributed by atoms with Crippen LogP contribution in [0.4, 0.5) is 0 Å². The first-order chi connectivity index (χ1) is 5.70. The summed E-state index contributed by atoms with van der Waals surface area (Å²) in [5.74, 6) is -0.953. The second kappa shape index (κ2) is 2.14. The summed E-state index contributed by atoms with van der Waals surface area (Å²) in [6.07, 6.45) is 0. The number of phenolic OH excluding ortho intramolecular Hbond substituents is 2. The Labute approximate surface area is 68.0 Å². The number of hydrogen-bond donors (Lipinski definition) is 2. The maximum absolute atomic E-state index is 10.9. The second-order valence-electron chi connectivity index (χ2n) is 2.54. The van der Waals surface area contributed by atoms with Crippen molar-refractivity contribution in [2.75, 3.05) is 0 Å². The molecule has 0 saturated carbocycles. The van der Waals surface area contributed by atoms with Gasteiger partial charge in [0.05, 0.1) is 5.56 Å². The number of phenols is 2. The quantitative estimate of drug-likeness (QED) is 0.441. The lowest BCUT2D eigenvalue weighted by Gasteiger charge is -1.99. The highest BCUT2D eigenvalue weighted by Gasteiger charge is 2.25. The molecule has 62 valence electrons. The molecule has 12 heavy (non-hydrogen) atoms. The highest BCUT2D eigenvalue weighted by atomic mass is 16.5. The minimum absolute atomic E-state index is 0.0361. The Morgan fingerprint density at radius 3 is 2.83 bits per heavy atom. The lowest BCUT2D eigenvalue weighted by atomic mass is 10.1. The molecular weight excluding hydrogens is 160 g/mol. The fraction of sp³-hybridized carbons (Fsp3) is 0.125. The number of hydrogen-bond acceptors (Lipinski definition) is 4. The minimum atomic E-state index is -0.458. The molecule has 4 heteroatoms. The second-order valence-corrected chi connectivity index (χ2v) is 2.54. The predicted molar refractivity (Wildman–Crippen MR) is 38.9 cm³/mol. The SMILES string of the molecule is O=C1OCc2c1ccc(O)c2O. The van der Waals surface area contributed by atoms with Gasteiger partial charge in [-0.1, -0.05) is 0 Å². The predicted octanol–water partition coefficient (Wildman–Crippen LogP) is 0.768. The summed E-state index contributed by atoms with van der Waals surface area (Å²) < 4.78 is 4.65. The van der Waals surface area contributed by atoms with Crippen LogP contribution in [0.5, 0.6) is 11.5 Å². The standard InChI is InChI=1S/C8H6O4/c9-6-2-1-4-5(7(6)10)3-12-8(4)11/h1-2,9-10H,3H2. The van der Waals surface area contributed by atoms with Gasteiger partial charge in [-0.25, -0.2) is 4.79 Å².